The van der Waals surface area contributed by atoms with Crippen molar-refractivity contribution in [3.8, 4) is 0 Å². The van der Waals surface area contributed by atoms with Crippen LogP contribution in [-0.2, 0) is 12.1 Å². The van der Waals surface area contributed by atoms with Crippen LogP contribution in [0, 0.1) is 6.92 Å². The van der Waals surface area contributed by atoms with Crippen LogP contribution in [0.4, 0.5) is 4.79 Å². The lowest BCUT2D eigenvalue weighted by molar-refractivity contribution is 0.171. The van der Waals surface area contributed by atoms with Crippen molar-refractivity contribution in [3.63, 3.8) is 0 Å². The molecule has 0 aliphatic carbocycles. The Morgan fingerprint density at radius 3 is 2.82 bits per heavy atom. The summed E-state index contributed by atoms with van der Waals surface area (Å²) in [4.78, 5) is 12.1. The highest BCUT2D eigenvalue weighted by Gasteiger charge is 2.28. The molecule has 0 aliphatic heterocycles. The molecule has 1 aromatic carbocycles. The van der Waals surface area contributed by atoms with Gasteiger partial charge in [0.05, 0.1) is 18.7 Å². The highest BCUT2D eigenvalue weighted by Crippen LogP contribution is 2.23. The van der Waals surface area contributed by atoms with Crippen molar-refractivity contribution in [2.24, 2.45) is 0 Å². The lowest BCUT2D eigenvalue weighted by Crippen LogP contribution is -2.50. The van der Waals surface area contributed by atoms with E-state index in [1.807, 2.05) is 24.3 Å². The topological polar surface area (TPSA) is 100 Å². The minimum atomic E-state index is -0.898. The first-order valence-electron chi connectivity index (χ1n) is 6.65. The van der Waals surface area contributed by atoms with Crippen LogP contribution in [0.5, 0.6) is 0 Å². The van der Waals surface area contributed by atoms with Gasteiger partial charge in [0.25, 0.3) is 0 Å². The van der Waals surface area contributed by atoms with Crippen molar-refractivity contribution in [2.75, 3.05) is 6.61 Å². The lowest BCUT2D eigenvalue weighted by Gasteiger charge is -2.29. The first-order chi connectivity index (χ1) is 10.4. The quantitative estimate of drug-likeness (QED) is 0.747. The molecule has 0 fully saturated rings. The lowest BCUT2D eigenvalue weighted by atomic mass is 9.93. The number of carbonyl (C=O) groups is 1. The molecule has 0 bridgehead atoms. The van der Waals surface area contributed by atoms with E-state index in [0.717, 1.165) is 10.0 Å². The molecule has 3 N–H and O–H groups in total. The highest BCUT2D eigenvalue weighted by atomic mass is 79.9. The summed E-state index contributed by atoms with van der Waals surface area (Å²) in [5.41, 5.74) is 1.07. The normalized spacial score (nSPS) is 13.5. The van der Waals surface area contributed by atoms with Gasteiger partial charge in [0.1, 0.15) is 11.4 Å². The number of aryl methyl sites for hydroxylation is 1. The predicted molar refractivity (Wildman–Crippen MR) is 83.0 cm³/mol. The molecule has 2 rings (SSSR count). The predicted octanol–water partition coefficient (Wildman–Crippen LogP) is 1.85. The molecule has 8 heteroatoms. The number of hydrogen-bond donors (Lipinski definition) is 3. The highest BCUT2D eigenvalue weighted by molar-refractivity contribution is 9.10. The van der Waals surface area contributed by atoms with E-state index in [9.17, 15) is 9.90 Å². The smallest absolute Gasteiger partial charge is 0.315 e. The van der Waals surface area contributed by atoms with Crippen LogP contribution in [0.1, 0.15) is 23.9 Å². The maximum Gasteiger partial charge on any atom is 0.315 e. The third kappa shape index (κ3) is 3.83. The van der Waals surface area contributed by atoms with Crippen molar-refractivity contribution in [1.29, 1.82) is 0 Å². The molecule has 1 unspecified atom stereocenters. The Hall–Kier alpha value is -1.93. The van der Waals surface area contributed by atoms with Gasteiger partial charge in [-0.3, -0.25) is 0 Å². The van der Waals surface area contributed by atoms with Gasteiger partial charge >= 0.3 is 6.03 Å². The standard InChI is InChI=1S/C14H17BrN4O3/c1-9-12(19-22-18-9)7-16-13(21)17-14(2,8-20)10-4-3-5-11(15)6-10/h3-6,20H,7-8H2,1-2H3,(H2,16,17,21). The molecule has 0 radical (unpaired) electrons. The summed E-state index contributed by atoms with van der Waals surface area (Å²) in [7, 11) is 0. The number of aliphatic hydroxyl groups is 1. The van der Waals surface area contributed by atoms with Crippen LogP contribution < -0.4 is 10.6 Å². The Labute approximate surface area is 136 Å². The molecule has 22 heavy (non-hydrogen) atoms. The zero-order chi connectivity index (χ0) is 16.2. The maximum absolute atomic E-state index is 12.1. The Morgan fingerprint density at radius 2 is 2.23 bits per heavy atom. The van der Waals surface area contributed by atoms with Gasteiger partial charge in [-0.25, -0.2) is 9.42 Å². The monoisotopic (exact) mass is 368 g/mol. The fourth-order valence-electron chi connectivity index (χ4n) is 1.90. The summed E-state index contributed by atoms with van der Waals surface area (Å²) in [6.45, 7) is 3.45. The second-order valence-electron chi connectivity index (χ2n) is 5.10. The Kier molecular flexibility index (Phi) is 5.15. The van der Waals surface area contributed by atoms with Crippen molar-refractivity contribution in [1.82, 2.24) is 20.9 Å². The van der Waals surface area contributed by atoms with Crippen LogP contribution in [0.15, 0.2) is 33.4 Å². The zero-order valence-electron chi connectivity index (χ0n) is 12.3. The molecule has 1 aromatic heterocycles. The van der Waals surface area contributed by atoms with E-state index in [2.05, 4.69) is 41.5 Å². The van der Waals surface area contributed by atoms with E-state index < -0.39 is 11.6 Å². The molecule has 0 aliphatic rings. The number of benzene rings is 1. The van der Waals surface area contributed by atoms with Crippen LogP contribution >= 0.6 is 15.9 Å². The summed E-state index contributed by atoms with van der Waals surface area (Å²) >= 11 is 3.38. The third-order valence-corrected chi connectivity index (χ3v) is 3.82. The third-order valence-electron chi connectivity index (χ3n) is 3.33. The first kappa shape index (κ1) is 16.4. The van der Waals surface area contributed by atoms with E-state index in [1.54, 1.807) is 13.8 Å². The molecule has 0 spiro atoms. The van der Waals surface area contributed by atoms with Crippen molar-refractivity contribution < 1.29 is 14.5 Å². The molecular weight excluding hydrogens is 352 g/mol. The number of amides is 2. The Morgan fingerprint density at radius 1 is 1.45 bits per heavy atom. The second kappa shape index (κ2) is 6.89. The molecule has 118 valence electrons. The number of aromatic nitrogens is 2. The number of nitrogens with zero attached hydrogens (tertiary/aromatic N) is 2. The number of hydrogen-bond acceptors (Lipinski definition) is 5. The van der Waals surface area contributed by atoms with Gasteiger partial charge in [-0.1, -0.05) is 38.4 Å². The van der Waals surface area contributed by atoms with Crippen LogP contribution in [-0.4, -0.2) is 28.1 Å². The molecule has 2 aromatic rings. The number of halogens is 1. The van der Waals surface area contributed by atoms with E-state index in [-0.39, 0.29) is 13.2 Å². The summed E-state index contributed by atoms with van der Waals surface area (Å²) in [6, 6.07) is 6.99. The number of carbonyl (C=O) groups excluding carboxylic acids is 1. The Balaban J connectivity index is 2.03. The SMILES string of the molecule is Cc1nonc1CNC(=O)NC(C)(CO)c1cccc(Br)c1. The van der Waals surface area contributed by atoms with E-state index in [1.165, 1.54) is 0 Å². The molecule has 7 nitrogen and oxygen atoms in total. The summed E-state index contributed by atoms with van der Waals surface area (Å²) in [5, 5.41) is 22.4. The number of aliphatic hydroxyl groups excluding tert-OH is 1. The van der Waals surface area contributed by atoms with Gasteiger partial charge in [-0.15, -0.1) is 0 Å². The van der Waals surface area contributed by atoms with Gasteiger partial charge < -0.3 is 15.7 Å². The van der Waals surface area contributed by atoms with Gasteiger partial charge in [-0.05, 0) is 31.5 Å². The van der Waals surface area contributed by atoms with E-state index >= 15 is 0 Å². The fraction of sp³-hybridized carbons (Fsp3) is 0.357. The molecular formula is C14H17BrN4O3. The van der Waals surface area contributed by atoms with E-state index in [4.69, 9.17) is 0 Å². The molecule has 1 heterocycles. The Bertz CT molecular complexity index is 661. The minimum absolute atomic E-state index is 0.196. The average Bonchev–Trinajstić information content (AvgIpc) is 2.90. The minimum Gasteiger partial charge on any atom is -0.394 e. The van der Waals surface area contributed by atoms with Crippen molar-refractivity contribution >= 4 is 22.0 Å². The average molecular weight is 369 g/mol. The number of nitrogens with one attached hydrogen (secondary N) is 2. The molecule has 1 atom stereocenters. The van der Waals surface area contributed by atoms with E-state index in [0.29, 0.717) is 11.4 Å². The zero-order valence-corrected chi connectivity index (χ0v) is 13.8. The number of rotatable bonds is 5. The fourth-order valence-corrected chi connectivity index (χ4v) is 2.30. The first-order valence-corrected chi connectivity index (χ1v) is 7.45. The van der Waals surface area contributed by atoms with Crippen LogP contribution in [0.3, 0.4) is 0 Å². The largest absolute Gasteiger partial charge is 0.394 e. The van der Waals surface area contributed by atoms with Gasteiger partial charge in [-0.2, -0.15) is 0 Å². The van der Waals surface area contributed by atoms with Gasteiger partial charge in [0.2, 0.25) is 0 Å². The number of urea groups is 1. The summed E-state index contributed by atoms with van der Waals surface area (Å²) in [5.74, 6) is 0. The maximum atomic E-state index is 12.1. The van der Waals surface area contributed by atoms with Crippen molar-refractivity contribution in [3.05, 3.63) is 45.7 Å². The summed E-state index contributed by atoms with van der Waals surface area (Å²) in [6.07, 6.45) is 0. The van der Waals surface area contributed by atoms with Gasteiger partial charge in [0.15, 0.2) is 0 Å². The second-order valence-corrected chi connectivity index (χ2v) is 6.02. The molecule has 0 saturated heterocycles. The van der Waals surface area contributed by atoms with Crippen LogP contribution in [0.25, 0.3) is 0 Å². The molecule has 0 saturated carbocycles. The summed E-state index contributed by atoms with van der Waals surface area (Å²) < 4.78 is 5.44. The van der Waals surface area contributed by atoms with Crippen molar-refractivity contribution in [2.45, 2.75) is 25.9 Å². The molecule has 2 amide bonds. The van der Waals surface area contributed by atoms with Crippen LogP contribution in [0.2, 0.25) is 0 Å². The van der Waals surface area contributed by atoms with Gasteiger partial charge in [0, 0.05) is 4.47 Å².